The van der Waals surface area contributed by atoms with Crippen LogP contribution < -0.4 is 5.32 Å². The highest BCUT2D eigenvalue weighted by atomic mass is 16.5. The van der Waals surface area contributed by atoms with Crippen LogP contribution in [0.5, 0.6) is 0 Å². The van der Waals surface area contributed by atoms with Gasteiger partial charge in [-0.25, -0.2) is 9.78 Å². The minimum atomic E-state index is -0.309. The molecule has 0 spiro atoms. The van der Waals surface area contributed by atoms with Gasteiger partial charge in [0.15, 0.2) is 5.69 Å². The largest absolute Gasteiger partial charge is 0.461 e. The first-order chi connectivity index (χ1) is 14.1. The van der Waals surface area contributed by atoms with E-state index in [1.807, 2.05) is 18.4 Å². The Morgan fingerprint density at radius 2 is 2.03 bits per heavy atom. The third kappa shape index (κ3) is 3.83. The third-order valence-corrected chi connectivity index (χ3v) is 5.62. The quantitative estimate of drug-likeness (QED) is 0.489. The van der Waals surface area contributed by atoms with Gasteiger partial charge in [-0.2, -0.15) is 0 Å². The molecule has 3 aromatic rings. The van der Waals surface area contributed by atoms with Crippen LogP contribution in [0.25, 0.3) is 10.8 Å². The number of esters is 1. The minimum Gasteiger partial charge on any atom is -0.461 e. The normalized spacial score (nSPS) is 19.6. The van der Waals surface area contributed by atoms with E-state index in [9.17, 15) is 4.79 Å². The van der Waals surface area contributed by atoms with Gasteiger partial charge in [-0.1, -0.05) is 54.6 Å². The summed E-state index contributed by atoms with van der Waals surface area (Å²) in [7, 11) is 0. The van der Waals surface area contributed by atoms with Gasteiger partial charge in [-0.3, -0.25) is 0 Å². The molecule has 29 heavy (non-hydrogen) atoms. The second-order valence-corrected chi connectivity index (χ2v) is 7.56. The highest BCUT2D eigenvalue weighted by molar-refractivity contribution is 5.89. The lowest BCUT2D eigenvalue weighted by atomic mass is 9.99. The number of carbonyl (C=O) groups is 1. The van der Waals surface area contributed by atoms with Crippen molar-refractivity contribution >= 4 is 16.7 Å². The first kappa shape index (κ1) is 19.4. The molecule has 0 aliphatic heterocycles. The number of hydrogen-bond donors (Lipinski definition) is 1. The first-order valence-corrected chi connectivity index (χ1v) is 10.2. The molecule has 0 saturated carbocycles. The van der Waals surface area contributed by atoms with E-state index in [1.54, 1.807) is 6.33 Å². The number of hydrogen-bond acceptors (Lipinski definition) is 4. The molecule has 4 rings (SSSR count). The van der Waals surface area contributed by atoms with Gasteiger partial charge >= 0.3 is 5.97 Å². The summed E-state index contributed by atoms with van der Waals surface area (Å²) in [5.74, 6) is -0.309. The lowest BCUT2D eigenvalue weighted by Gasteiger charge is -2.22. The van der Waals surface area contributed by atoms with Gasteiger partial charge in [0.25, 0.3) is 0 Å². The van der Waals surface area contributed by atoms with Crippen LogP contribution in [0.15, 0.2) is 60.9 Å². The molecule has 2 aromatic carbocycles. The average molecular weight is 389 g/mol. The van der Waals surface area contributed by atoms with Gasteiger partial charge in [0.1, 0.15) is 0 Å². The highest BCUT2D eigenvalue weighted by Gasteiger charge is 2.27. The number of allylic oxidation sites excluding steroid dienone is 1. The van der Waals surface area contributed by atoms with Gasteiger partial charge in [0.05, 0.1) is 24.7 Å². The van der Waals surface area contributed by atoms with E-state index in [4.69, 9.17) is 4.74 Å². The van der Waals surface area contributed by atoms with Crippen molar-refractivity contribution in [3.05, 3.63) is 77.9 Å². The number of benzene rings is 2. The minimum absolute atomic E-state index is 0.0906. The maximum absolute atomic E-state index is 12.4. The van der Waals surface area contributed by atoms with Gasteiger partial charge in [0, 0.05) is 12.1 Å². The number of fused-ring (bicyclic) bond motifs is 1. The summed E-state index contributed by atoms with van der Waals surface area (Å²) in [6, 6.07) is 15.5. The Hall–Kier alpha value is -2.92. The average Bonchev–Trinajstić information content (AvgIpc) is 3.34. The fraction of sp³-hybridized carbons (Fsp3) is 0.333. The predicted molar refractivity (Wildman–Crippen MR) is 115 cm³/mol. The van der Waals surface area contributed by atoms with Crippen molar-refractivity contribution in [1.29, 1.82) is 0 Å². The molecule has 0 radical (unpaired) electrons. The fourth-order valence-electron chi connectivity index (χ4n) is 4.21. The molecule has 5 nitrogen and oxygen atoms in total. The molecule has 3 atom stereocenters. The first-order valence-electron chi connectivity index (χ1n) is 10.2. The van der Waals surface area contributed by atoms with E-state index < -0.39 is 0 Å². The predicted octanol–water partition coefficient (Wildman–Crippen LogP) is 4.74. The molecule has 5 heteroatoms. The van der Waals surface area contributed by atoms with Crippen LogP contribution in [0, 0.1) is 6.92 Å². The van der Waals surface area contributed by atoms with E-state index in [-0.39, 0.29) is 24.1 Å². The molecule has 1 aliphatic carbocycles. The molecule has 0 amide bonds. The van der Waals surface area contributed by atoms with Crippen molar-refractivity contribution in [2.75, 3.05) is 6.61 Å². The van der Waals surface area contributed by atoms with Crippen LogP contribution >= 0.6 is 0 Å². The Balaban J connectivity index is 1.49. The Morgan fingerprint density at radius 3 is 2.86 bits per heavy atom. The van der Waals surface area contributed by atoms with Crippen molar-refractivity contribution in [3.63, 3.8) is 0 Å². The van der Waals surface area contributed by atoms with E-state index in [0.717, 1.165) is 6.42 Å². The zero-order valence-corrected chi connectivity index (χ0v) is 17.1. The molecule has 0 fully saturated rings. The molecule has 150 valence electrons. The van der Waals surface area contributed by atoms with Gasteiger partial charge in [-0.15, -0.1) is 0 Å². The molecular weight excluding hydrogens is 362 g/mol. The van der Waals surface area contributed by atoms with Crippen LogP contribution in [0.3, 0.4) is 0 Å². The highest BCUT2D eigenvalue weighted by Crippen LogP contribution is 2.29. The topological polar surface area (TPSA) is 56.1 Å². The maximum Gasteiger partial charge on any atom is 0.356 e. The molecule has 1 N–H and O–H groups in total. The third-order valence-electron chi connectivity index (χ3n) is 5.62. The van der Waals surface area contributed by atoms with Crippen molar-refractivity contribution in [3.8, 4) is 0 Å². The van der Waals surface area contributed by atoms with Crippen LogP contribution in [-0.4, -0.2) is 28.2 Å². The number of nitrogens with one attached hydrogen (secondary N) is 1. The summed E-state index contributed by atoms with van der Waals surface area (Å²) < 4.78 is 7.16. The number of imidazole rings is 1. The summed E-state index contributed by atoms with van der Waals surface area (Å²) in [4.78, 5) is 16.7. The lowest BCUT2D eigenvalue weighted by molar-refractivity contribution is 0.0511. The Kier molecular flexibility index (Phi) is 5.49. The molecule has 1 aromatic heterocycles. The van der Waals surface area contributed by atoms with E-state index in [0.29, 0.717) is 18.0 Å². The van der Waals surface area contributed by atoms with Crippen molar-refractivity contribution < 1.29 is 9.53 Å². The van der Waals surface area contributed by atoms with E-state index in [2.05, 4.69) is 71.8 Å². The fourth-order valence-corrected chi connectivity index (χ4v) is 4.21. The zero-order chi connectivity index (χ0) is 20.4. The van der Waals surface area contributed by atoms with Gasteiger partial charge < -0.3 is 14.6 Å². The van der Waals surface area contributed by atoms with Gasteiger partial charge in [0.2, 0.25) is 0 Å². The monoisotopic (exact) mass is 389 g/mol. The molecule has 1 heterocycles. The van der Waals surface area contributed by atoms with Crippen LogP contribution in [0.4, 0.5) is 0 Å². The van der Waals surface area contributed by atoms with Gasteiger partial charge in [-0.05, 0) is 43.5 Å². The molecule has 1 aliphatic rings. The standard InChI is InChI=1S/C24H27N3O2/c1-4-29-24(28)23-17(3)25-15-27(23)20-13-12-19(14-20)26-16(2)21-11-7-9-18-8-5-6-10-22(18)21/h5-13,15-16,19-20,26H,4,14H2,1-3H3. The number of ether oxygens (including phenoxy) is 1. The summed E-state index contributed by atoms with van der Waals surface area (Å²) >= 11 is 0. The summed E-state index contributed by atoms with van der Waals surface area (Å²) in [6.45, 7) is 6.23. The number of nitrogens with zero attached hydrogens (tertiary/aromatic N) is 2. The van der Waals surface area contributed by atoms with Crippen molar-refractivity contribution in [2.45, 2.75) is 45.3 Å². The SMILES string of the molecule is CCOC(=O)c1c(C)ncn1C1C=CC(NC(C)c2cccc3ccccc23)C1. The van der Waals surface area contributed by atoms with Crippen LogP contribution in [0.1, 0.15) is 54.1 Å². The van der Waals surface area contributed by atoms with Crippen molar-refractivity contribution in [2.24, 2.45) is 0 Å². The smallest absolute Gasteiger partial charge is 0.356 e. The number of aromatic nitrogens is 2. The summed E-state index contributed by atoms with van der Waals surface area (Å²) in [5.41, 5.74) is 2.55. The number of rotatable bonds is 6. The zero-order valence-electron chi connectivity index (χ0n) is 17.1. The Morgan fingerprint density at radius 1 is 1.24 bits per heavy atom. The second kappa shape index (κ2) is 8.21. The summed E-state index contributed by atoms with van der Waals surface area (Å²) in [5, 5.41) is 6.27. The number of aryl methyl sites for hydroxylation is 1. The molecule has 0 saturated heterocycles. The lowest BCUT2D eigenvalue weighted by Crippen LogP contribution is -2.29. The van der Waals surface area contributed by atoms with E-state index in [1.165, 1.54) is 16.3 Å². The number of carbonyl (C=O) groups excluding carboxylic acids is 1. The molecular formula is C24H27N3O2. The maximum atomic E-state index is 12.4. The molecule has 3 unspecified atom stereocenters. The van der Waals surface area contributed by atoms with Crippen LogP contribution in [0.2, 0.25) is 0 Å². The Labute approximate surface area is 171 Å². The molecule has 0 bridgehead atoms. The second-order valence-electron chi connectivity index (χ2n) is 7.56. The van der Waals surface area contributed by atoms with Crippen LogP contribution in [-0.2, 0) is 4.74 Å². The Bertz CT molecular complexity index is 1050. The van der Waals surface area contributed by atoms with Crippen molar-refractivity contribution in [1.82, 2.24) is 14.9 Å². The van der Waals surface area contributed by atoms with E-state index >= 15 is 0 Å². The summed E-state index contributed by atoms with van der Waals surface area (Å²) in [6.07, 6.45) is 6.96.